The van der Waals surface area contributed by atoms with E-state index < -0.39 is 0 Å². The summed E-state index contributed by atoms with van der Waals surface area (Å²) >= 11 is 0. The number of para-hydroxylation sites is 1. The zero-order valence-electron chi connectivity index (χ0n) is 14.4. The van der Waals surface area contributed by atoms with E-state index in [2.05, 4.69) is 5.32 Å². The van der Waals surface area contributed by atoms with Gasteiger partial charge in [0.1, 0.15) is 5.75 Å². The van der Waals surface area contributed by atoms with Crippen LogP contribution >= 0.6 is 0 Å². The summed E-state index contributed by atoms with van der Waals surface area (Å²) in [5.74, 6) is 0.213. The van der Waals surface area contributed by atoms with Crippen LogP contribution in [0.3, 0.4) is 0 Å². The Balaban J connectivity index is 2.22. The molecule has 0 radical (unpaired) electrons. The second kappa shape index (κ2) is 7.64. The molecule has 0 fully saturated rings. The maximum atomic E-state index is 12.6. The second-order valence-electron chi connectivity index (χ2n) is 5.75. The maximum Gasteiger partial charge on any atom is 0.259 e. The number of carbonyl (C=O) groups is 2. The van der Waals surface area contributed by atoms with Gasteiger partial charge in [-0.1, -0.05) is 18.2 Å². The molecule has 0 heterocycles. The van der Waals surface area contributed by atoms with E-state index in [0.717, 1.165) is 0 Å². The fraction of sp³-hybridized carbons (Fsp3) is 0.263. The highest BCUT2D eigenvalue weighted by molar-refractivity contribution is 6.06. The summed E-state index contributed by atoms with van der Waals surface area (Å²) < 4.78 is 5.68. The van der Waals surface area contributed by atoms with Crippen LogP contribution in [0.25, 0.3) is 0 Å². The average Bonchev–Trinajstić information content (AvgIpc) is 2.54. The first kappa shape index (κ1) is 17.5. The van der Waals surface area contributed by atoms with Gasteiger partial charge in [-0.3, -0.25) is 9.59 Å². The Morgan fingerprint density at radius 3 is 2.46 bits per heavy atom. The van der Waals surface area contributed by atoms with E-state index in [1.165, 1.54) is 11.8 Å². The van der Waals surface area contributed by atoms with Crippen molar-refractivity contribution >= 4 is 23.2 Å². The van der Waals surface area contributed by atoms with Gasteiger partial charge >= 0.3 is 0 Å². The number of carbonyl (C=O) groups excluding carboxylic acids is 2. The number of ether oxygens (including phenoxy) is 1. The number of amides is 2. The van der Waals surface area contributed by atoms with Crippen molar-refractivity contribution in [3.05, 3.63) is 54.1 Å². The third kappa shape index (κ3) is 4.35. The Morgan fingerprint density at radius 1 is 1.08 bits per heavy atom. The minimum atomic E-state index is -0.256. The summed E-state index contributed by atoms with van der Waals surface area (Å²) in [7, 11) is 1.69. The largest absolute Gasteiger partial charge is 0.490 e. The smallest absolute Gasteiger partial charge is 0.259 e. The highest BCUT2D eigenvalue weighted by Gasteiger charge is 2.14. The number of rotatable bonds is 5. The molecule has 0 aliphatic carbocycles. The molecule has 0 bridgehead atoms. The van der Waals surface area contributed by atoms with Gasteiger partial charge in [0.05, 0.1) is 11.7 Å². The van der Waals surface area contributed by atoms with E-state index in [9.17, 15) is 9.59 Å². The zero-order valence-corrected chi connectivity index (χ0v) is 14.4. The summed E-state index contributed by atoms with van der Waals surface area (Å²) in [5.41, 5.74) is 1.80. The predicted molar refractivity (Wildman–Crippen MR) is 95.7 cm³/mol. The summed E-state index contributed by atoms with van der Waals surface area (Å²) in [6.07, 6.45) is -0.0218. The topological polar surface area (TPSA) is 58.6 Å². The molecule has 0 atom stereocenters. The molecule has 0 aliphatic heterocycles. The van der Waals surface area contributed by atoms with Crippen LogP contribution in [-0.4, -0.2) is 25.0 Å². The minimum absolute atomic E-state index is 0.0218. The molecule has 2 aromatic rings. The van der Waals surface area contributed by atoms with Crippen molar-refractivity contribution in [1.29, 1.82) is 0 Å². The molecule has 5 heteroatoms. The van der Waals surface area contributed by atoms with Crippen LogP contribution in [0.2, 0.25) is 0 Å². The number of anilines is 2. The van der Waals surface area contributed by atoms with Gasteiger partial charge in [-0.15, -0.1) is 0 Å². The number of nitrogens with zero attached hydrogens (tertiary/aromatic N) is 1. The molecule has 126 valence electrons. The second-order valence-corrected chi connectivity index (χ2v) is 5.75. The molecule has 1 N–H and O–H groups in total. The number of benzene rings is 2. The van der Waals surface area contributed by atoms with E-state index in [4.69, 9.17) is 4.74 Å². The summed E-state index contributed by atoms with van der Waals surface area (Å²) in [6.45, 7) is 5.32. The molecule has 0 saturated carbocycles. The lowest BCUT2D eigenvalue weighted by molar-refractivity contribution is -0.116. The fourth-order valence-electron chi connectivity index (χ4n) is 2.18. The van der Waals surface area contributed by atoms with Crippen LogP contribution in [0.1, 0.15) is 31.1 Å². The first-order chi connectivity index (χ1) is 11.4. The number of nitrogens with one attached hydrogen (secondary N) is 1. The van der Waals surface area contributed by atoms with Crippen LogP contribution in [0.4, 0.5) is 11.4 Å². The first-order valence-electron chi connectivity index (χ1n) is 7.80. The average molecular weight is 326 g/mol. The Hall–Kier alpha value is -2.82. The van der Waals surface area contributed by atoms with E-state index in [1.807, 2.05) is 26.0 Å². The molecule has 0 saturated heterocycles. The molecule has 0 spiro atoms. The van der Waals surface area contributed by atoms with Crippen molar-refractivity contribution in [2.45, 2.75) is 26.9 Å². The van der Waals surface area contributed by atoms with Gasteiger partial charge in [-0.25, -0.2) is 0 Å². The van der Waals surface area contributed by atoms with Gasteiger partial charge in [0.2, 0.25) is 5.91 Å². The Morgan fingerprint density at radius 2 is 1.79 bits per heavy atom. The van der Waals surface area contributed by atoms with E-state index in [0.29, 0.717) is 22.7 Å². The summed E-state index contributed by atoms with van der Waals surface area (Å²) in [5, 5.41) is 2.85. The lowest BCUT2D eigenvalue weighted by atomic mass is 10.1. The Bertz CT molecular complexity index is 741. The van der Waals surface area contributed by atoms with Crippen molar-refractivity contribution < 1.29 is 14.3 Å². The normalized spacial score (nSPS) is 10.4. The van der Waals surface area contributed by atoms with Gasteiger partial charge in [0.15, 0.2) is 0 Å². The molecule has 5 nitrogen and oxygen atoms in total. The monoisotopic (exact) mass is 326 g/mol. The van der Waals surface area contributed by atoms with Crippen LogP contribution in [-0.2, 0) is 4.79 Å². The van der Waals surface area contributed by atoms with E-state index in [-0.39, 0.29) is 17.9 Å². The van der Waals surface area contributed by atoms with Gasteiger partial charge in [0.25, 0.3) is 5.91 Å². The molecular formula is C19H22N2O3. The van der Waals surface area contributed by atoms with Crippen molar-refractivity contribution in [2.24, 2.45) is 0 Å². The van der Waals surface area contributed by atoms with E-state index >= 15 is 0 Å². The molecule has 2 rings (SSSR count). The third-order valence-electron chi connectivity index (χ3n) is 3.46. The molecular weight excluding hydrogens is 304 g/mol. The van der Waals surface area contributed by atoms with Gasteiger partial charge < -0.3 is 15.0 Å². The third-order valence-corrected chi connectivity index (χ3v) is 3.46. The van der Waals surface area contributed by atoms with Crippen LogP contribution < -0.4 is 15.0 Å². The fourth-order valence-corrected chi connectivity index (χ4v) is 2.18. The van der Waals surface area contributed by atoms with Crippen molar-refractivity contribution in [3.8, 4) is 5.75 Å². The lowest BCUT2D eigenvalue weighted by Crippen LogP contribution is -2.23. The molecule has 2 aromatic carbocycles. The van der Waals surface area contributed by atoms with Crippen LogP contribution in [0.5, 0.6) is 5.75 Å². The highest BCUT2D eigenvalue weighted by Crippen LogP contribution is 2.23. The molecule has 2 amide bonds. The van der Waals surface area contributed by atoms with Gasteiger partial charge in [-0.05, 0) is 44.2 Å². The number of hydrogen-bond acceptors (Lipinski definition) is 3. The quantitative estimate of drug-likeness (QED) is 0.911. The van der Waals surface area contributed by atoms with Gasteiger partial charge in [-0.2, -0.15) is 0 Å². The maximum absolute atomic E-state index is 12.6. The zero-order chi connectivity index (χ0) is 17.7. The summed E-state index contributed by atoms with van der Waals surface area (Å²) in [6, 6.07) is 14.3. The molecule has 0 aliphatic rings. The number of hydrogen-bond donors (Lipinski definition) is 1. The molecule has 0 aromatic heterocycles. The molecule has 24 heavy (non-hydrogen) atoms. The molecule has 0 unspecified atom stereocenters. The standard InChI is InChI=1S/C19H22N2O3/c1-13(2)24-18-11-6-5-10-17(18)19(23)20-15-8-7-9-16(12-15)21(4)14(3)22/h5-13H,1-4H3,(H,20,23). The summed E-state index contributed by atoms with van der Waals surface area (Å²) in [4.78, 5) is 25.5. The SMILES string of the molecule is CC(=O)N(C)c1cccc(NC(=O)c2ccccc2OC(C)C)c1. The lowest BCUT2D eigenvalue weighted by Gasteiger charge is -2.17. The van der Waals surface area contributed by atoms with E-state index in [1.54, 1.807) is 43.4 Å². The first-order valence-corrected chi connectivity index (χ1v) is 7.80. The van der Waals surface area contributed by atoms with Crippen molar-refractivity contribution in [2.75, 3.05) is 17.3 Å². The van der Waals surface area contributed by atoms with Gasteiger partial charge in [0, 0.05) is 25.3 Å². The van der Waals surface area contributed by atoms with Crippen LogP contribution in [0.15, 0.2) is 48.5 Å². The van der Waals surface area contributed by atoms with Crippen molar-refractivity contribution in [1.82, 2.24) is 0 Å². The Kier molecular flexibility index (Phi) is 5.58. The van der Waals surface area contributed by atoms with Crippen LogP contribution in [0, 0.1) is 0 Å². The Labute approximate surface area is 142 Å². The minimum Gasteiger partial charge on any atom is -0.490 e. The highest BCUT2D eigenvalue weighted by atomic mass is 16.5. The predicted octanol–water partition coefficient (Wildman–Crippen LogP) is 3.71. The van der Waals surface area contributed by atoms with Crippen molar-refractivity contribution in [3.63, 3.8) is 0 Å².